The lowest BCUT2D eigenvalue weighted by Crippen LogP contribution is -2.37. The maximum atomic E-state index is 12.6. The first kappa shape index (κ1) is 15.9. The number of carbonyl (C=O) groups excluding carboxylic acids is 1. The normalized spacial score (nSPS) is 16.4. The molecule has 3 heterocycles. The van der Waals surface area contributed by atoms with Gasteiger partial charge in [0, 0.05) is 18.2 Å². The average molecular weight is 355 g/mol. The minimum Gasteiger partial charge on any atom is -0.508 e. The summed E-state index contributed by atoms with van der Waals surface area (Å²) < 4.78 is 5.32. The largest absolute Gasteiger partial charge is 0.508 e. The van der Waals surface area contributed by atoms with E-state index in [1.54, 1.807) is 31.4 Å². The van der Waals surface area contributed by atoms with E-state index in [9.17, 15) is 9.90 Å². The Hall–Kier alpha value is -2.64. The van der Waals surface area contributed by atoms with Crippen molar-refractivity contribution in [1.29, 1.82) is 0 Å². The molecule has 0 saturated carbocycles. The van der Waals surface area contributed by atoms with Crippen LogP contribution in [0.2, 0.25) is 0 Å². The molecule has 1 aromatic carbocycles. The van der Waals surface area contributed by atoms with Gasteiger partial charge >= 0.3 is 0 Å². The standard InChI is InChI=1S/C18H17N3O3S/c1-9-7-11(8-24-2)13-14-15(25-18(13)19-9)17(23)21-16(20-14)10-3-5-12(22)6-4-10/h3-7,16,20,22H,8H2,1-2H3,(H,21,23). The number of hydrogen-bond donors (Lipinski definition) is 3. The summed E-state index contributed by atoms with van der Waals surface area (Å²) in [6, 6.07) is 8.76. The molecule has 3 N–H and O–H groups in total. The molecule has 1 atom stereocenters. The third kappa shape index (κ3) is 2.71. The molecule has 6 nitrogen and oxygen atoms in total. The number of aromatic nitrogens is 1. The lowest BCUT2D eigenvalue weighted by atomic mass is 10.1. The van der Waals surface area contributed by atoms with Crippen LogP contribution in [0.5, 0.6) is 5.75 Å². The maximum absolute atomic E-state index is 12.6. The van der Waals surface area contributed by atoms with Gasteiger partial charge in [-0.2, -0.15) is 0 Å². The van der Waals surface area contributed by atoms with Crippen LogP contribution in [-0.2, 0) is 11.3 Å². The van der Waals surface area contributed by atoms with Crippen LogP contribution in [-0.4, -0.2) is 23.1 Å². The van der Waals surface area contributed by atoms with Gasteiger partial charge in [0.2, 0.25) is 0 Å². The zero-order chi connectivity index (χ0) is 17.6. The Balaban J connectivity index is 1.84. The molecule has 1 aliphatic heterocycles. The first-order chi connectivity index (χ1) is 12.1. The van der Waals surface area contributed by atoms with Gasteiger partial charge in [-0.1, -0.05) is 12.1 Å². The number of pyridine rings is 1. The SMILES string of the molecule is COCc1cc(C)nc2sc3c(c12)NC(c1ccc(O)cc1)NC3=O. The number of nitrogens with zero attached hydrogens (tertiary/aromatic N) is 1. The number of phenols is 1. The van der Waals surface area contributed by atoms with Crippen molar-refractivity contribution in [3.8, 4) is 5.75 Å². The monoisotopic (exact) mass is 355 g/mol. The highest BCUT2D eigenvalue weighted by Crippen LogP contribution is 2.41. The van der Waals surface area contributed by atoms with E-state index in [0.717, 1.165) is 32.7 Å². The Morgan fingerprint density at radius 1 is 1.28 bits per heavy atom. The molecule has 1 aliphatic rings. The zero-order valence-corrected chi connectivity index (χ0v) is 14.6. The number of anilines is 1. The Morgan fingerprint density at radius 3 is 2.76 bits per heavy atom. The third-order valence-electron chi connectivity index (χ3n) is 4.17. The summed E-state index contributed by atoms with van der Waals surface area (Å²) in [5.41, 5.74) is 3.56. The van der Waals surface area contributed by atoms with Crippen LogP contribution in [0.15, 0.2) is 30.3 Å². The molecule has 0 radical (unpaired) electrons. The van der Waals surface area contributed by atoms with E-state index in [4.69, 9.17) is 4.74 Å². The van der Waals surface area contributed by atoms with E-state index in [1.165, 1.54) is 11.3 Å². The molecule has 2 aromatic heterocycles. The molecule has 0 fully saturated rings. The van der Waals surface area contributed by atoms with Crippen molar-refractivity contribution in [3.05, 3.63) is 52.0 Å². The first-order valence-electron chi connectivity index (χ1n) is 7.85. The fraction of sp³-hybridized carbons (Fsp3) is 0.222. The van der Waals surface area contributed by atoms with Gasteiger partial charge in [-0.15, -0.1) is 11.3 Å². The van der Waals surface area contributed by atoms with Crippen LogP contribution >= 0.6 is 11.3 Å². The molecular weight excluding hydrogens is 338 g/mol. The average Bonchev–Trinajstić information content (AvgIpc) is 2.94. The molecule has 128 valence electrons. The number of ether oxygens (including phenoxy) is 1. The number of fused-ring (bicyclic) bond motifs is 3. The van der Waals surface area contributed by atoms with E-state index in [2.05, 4.69) is 15.6 Å². The number of amides is 1. The molecule has 7 heteroatoms. The lowest BCUT2D eigenvalue weighted by molar-refractivity contribution is 0.0940. The Bertz CT molecular complexity index is 966. The number of hydrogen-bond acceptors (Lipinski definition) is 6. The van der Waals surface area contributed by atoms with Crippen molar-refractivity contribution in [2.24, 2.45) is 0 Å². The molecule has 0 spiro atoms. The number of carbonyl (C=O) groups is 1. The summed E-state index contributed by atoms with van der Waals surface area (Å²) in [5, 5.41) is 16.8. The number of methoxy groups -OCH3 is 1. The molecule has 0 aliphatic carbocycles. The summed E-state index contributed by atoms with van der Waals surface area (Å²) in [5.74, 6) is 0.0606. The number of nitrogens with one attached hydrogen (secondary N) is 2. The molecule has 1 unspecified atom stereocenters. The first-order valence-corrected chi connectivity index (χ1v) is 8.66. The molecule has 3 aromatic rings. The summed E-state index contributed by atoms with van der Waals surface area (Å²) in [7, 11) is 1.65. The second-order valence-electron chi connectivity index (χ2n) is 5.98. The summed E-state index contributed by atoms with van der Waals surface area (Å²) in [6.07, 6.45) is -0.366. The van der Waals surface area contributed by atoms with Crippen LogP contribution in [0.3, 0.4) is 0 Å². The van der Waals surface area contributed by atoms with Crippen molar-refractivity contribution < 1.29 is 14.6 Å². The van der Waals surface area contributed by atoms with Crippen LogP contribution in [0.1, 0.15) is 32.7 Å². The topological polar surface area (TPSA) is 83.5 Å². The smallest absolute Gasteiger partial charge is 0.265 e. The van der Waals surface area contributed by atoms with Crippen molar-refractivity contribution in [1.82, 2.24) is 10.3 Å². The highest BCUT2D eigenvalue weighted by Gasteiger charge is 2.30. The summed E-state index contributed by atoms with van der Waals surface area (Å²) in [4.78, 5) is 18.6. The van der Waals surface area contributed by atoms with Crippen LogP contribution in [0.25, 0.3) is 10.2 Å². The number of aryl methyl sites for hydroxylation is 1. The Labute approximate surface area is 148 Å². The zero-order valence-electron chi connectivity index (χ0n) is 13.8. The third-order valence-corrected chi connectivity index (χ3v) is 5.25. The van der Waals surface area contributed by atoms with E-state index >= 15 is 0 Å². The quantitative estimate of drug-likeness (QED) is 0.671. The van der Waals surface area contributed by atoms with Crippen molar-refractivity contribution >= 4 is 33.1 Å². The van der Waals surface area contributed by atoms with Gasteiger partial charge in [-0.05, 0) is 36.2 Å². The van der Waals surface area contributed by atoms with Gasteiger partial charge in [0.1, 0.15) is 21.6 Å². The van der Waals surface area contributed by atoms with Gasteiger partial charge in [-0.25, -0.2) is 4.98 Å². The maximum Gasteiger partial charge on any atom is 0.265 e. The van der Waals surface area contributed by atoms with Gasteiger partial charge < -0.3 is 20.5 Å². The highest BCUT2D eigenvalue weighted by molar-refractivity contribution is 7.21. The number of benzene rings is 1. The molecular formula is C18H17N3O3S. The van der Waals surface area contributed by atoms with Crippen LogP contribution in [0.4, 0.5) is 5.69 Å². The molecule has 25 heavy (non-hydrogen) atoms. The minimum absolute atomic E-state index is 0.129. The summed E-state index contributed by atoms with van der Waals surface area (Å²) >= 11 is 1.38. The van der Waals surface area contributed by atoms with Crippen molar-refractivity contribution in [2.75, 3.05) is 12.4 Å². The van der Waals surface area contributed by atoms with Crippen molar-refractivity contribution in [3.63, 3.8) is 0 Å². The predicted octanol–water partition coefficient (Wildman–Crippen LogP) is 3.31. The Kier molecular flexibility index (Phi) is 3.82. The van der Waals surface area contributed by atoms with Crippen molar-refractivity contribution in [2.45, 2.75) is 19.7 Å². The number of aromatic hydroxyl groups is 1. The van der Waals surface area contributed by atoms with Gasteiger partial charge in [0.15, 0.2) is 0 Å². The minimum atomic E-state index is -0.366. The predicted molar refractivity (Wildman–Crippen MR) is 97.0 cm³/mol. The van der Waals surface area contributed by atoms with Crippen LogP contribution < -0.4 is 10.6 Å². The molecule has 0 saturated heterocycles. The fourth-order valence-electron chi connectivity index (χ4n) is 3.09. The molecule has 0 bridgehead atoms. The van der Waals surface area contributed by atoms with Gasteiger partial charge in [0.25, 0.3) is 5.91 Å². The number of phenolic OH excluding ortho intramolecular Hbond substituents is 1. The highest BCUT2D eigenvalue weighted by atomic mass is 32.1. The van der Waals surface area contributed by atoms with E-state index < -0.39 is 0 Å². The molecule has 1 amide bonds. The number of thiophene rings is 1. The van der Waals surface area contributed by atoms with Gasteiger partial charge in [0.05, 0.1) is 12.3 Å². The Morgan fingerprint density at radius 2 is 2.04 bits per heavy atom. The van der Waals surface area contributed by atoms with E-state index in [-0.39, 0.29) is 17.8 Å². The lowest BCUT2D eigenvalue weighted by Gasteiger charge is -2.26. The van der Waals surface area contributed by atoms with E-state index in [1.807, 2.05) is 13.0 Å². The van der Waals surface area contributed by atoms with E-state index in [0.29, 0.717) is 11.5 Å². The molecule has 4 rings (SSSR count). The summed E-state index contributed by atoms with van der Waals surface area (Å²) in [6.45, 7) is 2.39. The van der Waals surface area contributed by atoms with Crippen LogP contribution in [0, 0.1) is 6.92 Å². The second-order valence-corrected chi connectivity index (χ2v) is 6.98. The van der Waals surface area contributed by atoms with Gasteiger partial charge in [-0.3, -0.25) is 4.79 Å². The fourth-order valence-corrected chi connectivity index (χ4v) is 4.22. The number of rotatable bonds is 3. The second kappa shape index (κ2) is 6.02.